The van der Waals surface area contributed by atoms with E-state index >= 15 is 0 Å². The van der Waals surface area contributed by atoms with E-state index < -0.39 is 11.7 Å². The first kappa shape index (κ1) is 22.9. The van der Waals surface area contributed by atoms with Crippen LogP contribution in [0.1, 0.15) is 31.5 Å². The highest BCUT2D eigenvalue weighted by Gasteiger charge is 2.15. The fourth-order valence-corrected chi connectivity index (χ4v) is 2.36. The molecule has 0 spiro atoms. The van der Waals surface area contributed by atoms with Crippen molar-refractivity contribution in [2.45, 2.75) is 39.7 Å². The third kappa shape index (κ3) is 10.6. The Morgan fingerprint density at radius 2 is 1.88 bits per heavy atom. The lowest BCUT2D eigenvalue weighted by molar-refractivity contribution is 0.0529. The quantitative estimate of drug-likeness (QED) is 0.258. The molecule has 1 amide bonds. The van der Waals surface area contributed by atoms with Crippen LogP contribution in [0, 0.1) is 6.92 Å². The van der Waals surface area contributed by atoms with Gasteiger partial charge in [-0.3, -0.25) is 4.99 Å². The monoisotopic (exact) mass is 469 g/mol. The van der Waals surface area contributed by atoms with Crippen molar-refractivity contribution in [2.24, 2.45) is 4.99 Å². The normalized spacial score (nSPS) is 11.5. The van der Waals surface area contributed by atoms with E-state index in [1.807, 2.05) is 27.7 Å². The van der Waals surface area contributed by atoms with Gasteiger partial charge in [-0.1, -0.05) is 0 Å². The number of guanidine groups is 1. The summed E-state index contributed by atoms with van der Waals surface area (Å²) in [7, 11) is 1.71. The number of amides is 1. The Bertz CT molecular complexity index is 528. The highest BCUT2D eigenvalue weighted by Crippen LogP contribution is 2.07. The topological polar surface area (TPSA) is 87.6 Å². The molecule has 1 aromatic heterocycles. The van der Waals surface area contributed by atoms with Crippen molar-refractivity contribution >= 4 is 47.4 Å². The minimum Gasteiger partial charge on any atom is -0.444 e. The third-order valence-corrected chi connectivity index (χ3v) is 3.47. The van der Waals surface area contributed by atoms with Crippen molar-refractivity contribution in [1.82, 2.24) is 20.9 Å². The number of carbonyl (C=O) groups excluding carboxylic acids is 1. The Hall–Kier alpha value is -1.10. The molecule has 1 rings (SSSR count). The molecule has 9 heteroatoms. The summed E-state index contributed by atoms with van der Waals surface area (Å²) in [5, 5.41) is 12.2. The average molecular weight is 469 g/mol. The van der Waals surface area contributed by atoms with Crippen molar-refractivity contribution in [1.29, 1.82) is 0 Å². The number of rotatable bonds is 6. The number of carbonyl (C=O) groups is 1. The van der Waals surface area contributed by atoms with Gasteiger partial charge in [0.05, 0.1) is 10.7 Å². The third-order valence-electron chi connectivity index (χ3n) is 2.65. The number of ether oxygens (including phenoxy) is 1. The van der Waals surface area contributed by atoms with Crippen molar-refractivity contribution in [3.8, 4) is 0 Å². The maximum atomic E-state index is 11.5. The Morgan fingerprint density at radius 3 is 2.42 bits per heavy atom. The molecular formula is C15H28IN5O2S. The Labute approximate surface area is 165 Å². The van der Waals surface area contributed by atoms with Gasteiger partial charge in [0.15, 0.2) is 5.96 Å². The van der Waals surface area contributed by atoms with Gasteiger partial charge in [0.1, 0.15) is 5.60 Å². The molecule has 0 unspecified atom stereocenters. The molecule has 0 aliphatic heterocycles. The van der Waals surface area contributed by atoms with Crippen LogP contribution in [0.3, 0.4) is 0 Å². The van der Waals surface area contributed by atoms with Crippen LogP contribution in [0.2, 0.25) is 0 Å². The molecule has 1 aromatic rings. The number of alkyl carbamates (subject to hydrolysis) is 1. The number of hydrogen-bond donors (Lipinski definition) is 3. The number of hydrogen-bond acceptors (Lipinski definition) is 5. The molecule has 0 radical (unpaired) electrons. The molecule has 138 valence electrons. The van der Waals surface area contributed by atoms with E-state index in [0.29, 0.717) is 19.0 Å². The van der Waals surface area contributed by atoms with Crippen LogP contribution in [0.15, 0.2) is 10.4 Å². The maximum Gasteiger partial charge on any atom is 0.407 e. The van der Waals surface area contributed by atoms with Gasteiger partial charge in [-0.05, 0) is 27.7 Å². The Balaban J connectivity index is 0.00000529. The highest BCUT2D eigenvalue weighted by atomic mass is 127. The molecule has 1 heterocycles. The first-order chi connectivity index (χ1) is 10.8. The van der Waals surface area contributed by atoms with E-state index in [4.69, 9.17) is 4.74 Å². The highest BCUT2D eigenvalue weighted by molar-refractivity contribution is 14.0. The van der Waals surface area contributed by atoms with Crippen LogP contribution < -0.4 is 16.0 Å². The summed E-state index contributed by atoms with van der Waals surface area (Å²) < 4.78 is 5.16. The maximum absolute atomic E-state index is 11.5. The van der Waals surface area contributed by atoms with Crippen LogP contribution in [0.4, 0.5) is 4.79 Å². The number of nitrogens with zero attached hydrogens (tertiary/aromatic N) is 2. The summed E-state index contributed by atoms with van der Waals surface area (Å²) in [6.45, 7) is 9.28. The zero-order chi connectivity index (χ0) is 17.3. The van der Waals surface area contributed by atoms with E-state index in [-0.39, 0.29) is 24.0 Å². The number of aryl methyl sites for hydroxylation is 1. The Kier molecular flexibility index (Phi) is 10.9. The van der Waals surface area contributed by atoms with Crippen LogP contribution in [-0.2, 0) is 11.2 Å². The van der Waals surface area contributed by atoms with Crippen LogP contribution >= 0.6 is 35.3 Å². The Morgan fingerprint density at radius 1 is 1.25 bits per heavy atom. The number of aliphatic imine (C=N–C) groups is 1. The molecule has 0 bridgehead atoms. The summed E-state index contributed by atoms with van der Waals surface area (Å²) in [5.74, 6) is 0.697. The van der Waals surface area contributed by atoms with Gasteiger partial charge in [0.25, 0.3) is 0 Å². The molecule has 0 atom stereocenters. The summed E-state index contributed by atoms with van der Waals surface area (Å²) in [4.78, 5) is 20.0. The zero-order valence-electron chi connectivity index (χ0n) is 14.9. The van der Waals surface area contributed by atoms with Crippen molar-refractivity contribution in [3.05, 3.63) is 16.1 Å². The minimum absolute atomic E-state index is 0. The number of aromatic nitrogens is 1. The lowest BCUT2D eigenvalue weighted by Crippen LogP contribution is -2.43. The SMILES string of the molecule is CN=C(NCCNC(=O)OC(C)(C)C)NCCc1csc(C)n1.I. The lowest BCUT2D eigenvalue weighted by atomic mass is 10.2. The second kappa shape index (κ2) is 11.5. The number of nitrogens with one attached hydrogen (secondary N) is 3. The van der Waals surface area contributed by atoms with Gasteiger partial charge in [0, 0.05) is 38.5 Å². The fraction of sp³-hybridized carbons (Fsp3) is 0.667. The molecule has 0 aliphatic carbocycles. The molecule has 3 N–H and O–H groups in total. The van der Waals surface area contributed by atoms with E-state index in [1.54, 1.807) is 18.4 Å². The molecule has 0 saturated heterocycles. The van der Waals surface area contributed by atoms with Gasteiger partial charge in [-0.25, -0.2) is 9.78 Å². The van der Waals surface area contributed by atoms with Crippen LogP contribution in [0.25, 0.3) is 0 Å². The number of halogens is 1. The second-order valence-corrected chi connectivity index (χ2v) is 7.02. The van der Waals surface area contributed by atoms with E-state index in [2.05, 4.69) is 31.3 Å². The standard InChI is InChI=1S/C15H27N5O2S.HI/c1-11-20-12(10-23-11)6-7-17-13(16-5)18-8-9-19-14(21)22-15(2,3)4;/h10H,6-9H2,1-5H3,(H,19,21)(H2,16,17,18);1H. The van der Waals surface area contributed by atoms with Gasteiger partial charge in [0.2, 0.25) is 0 Å². The smallest absolute Gasteiger partial charge is 0.407 e. The van der Waals surface area contributed by atoms with Gasteiger partial charge in [-0.2, -0.15) is 0 Å². The van der Waals surface area contributed by atoms with Crippen molar-refractivity contribution in [3.63, 3.8) is 0 Å². The van der Waals surface area contributed by atoms with Crippen molar-refractivity contribution < 1.29 is 9.53 Å². The molecule has 7 nitrogen and oxygen atoms in total. The zero-order valence-corrected chi connectivity index (χ0v) is 18.1. The molecular weight excluding hydrogens is 441 g/mol. The van der Waals surface area contributed by atoms with Gasteiger partial charge < -0.3 is 20.7 Å². The van der Waals surface area contributed by atoms with Gasteiger partial charge in [-0.15, -0.1) is 35.3 Å². The van der Waals surface area contributed by atoms with E-state index in [9.17, 15) is 4.79 Å². The average Bonchev–Trinajstić information content (AvgIpc) is 2.85. The van der Waals surface area contributed by atoms with E-state index in [0.717, 1.165) is 23.7 Å². The summed E-state index contributed by atoms with van der Waals surface area (Å²) in [6.07, 6.45) is 0.433. The van der Waals surface area contributed by atoms with Crippen LogP contribution in [0.5, 0.6) is 0 Å². The molecule has 0 aliphatic rings. The van der Waals surface area contributed by atoms with Gasteiger partial charge >= 0.3 is 6.09 Å². The molecule has 0 saturated carbocycles. The molecule has 0 aromatic carbocycles. The lowest BCUT2D eigenvalue weighted by Gasteiger charge is -2.19. The van der Waals surface area contributed by atoms with E-state index in [1.165, 1.54) is 0 Å². The first-order valence-electron chi connectivity index (χ1n) is 7.62. The predicted octanol–water partition coefficient (Wildman–Crippen LogP) is 2.30. The number of thiazole rings is 1. The largest absolute Gasteiger partial charge is 0.444 e. The summed E-state index contributed by atoms with van der Waals surface area (Å²) in [5.41, 5.74) is 0.602. The van der Waals surface area contributed by atoms with Crippen LogP contribution in [-0.4, -0.2) is 49.3 Å². The molecule has 0 fully saturated rings. The first-order valence-corrected chi connectivity index (χ1v) is 8.50. The van der Waals surface area contributed by atoms with Crippen molar-refractivity contribution in [2.75, 3.05) is 26.7 Å². The molecule has 24 heavy (non-hydrogen) atoms. The predicted molar refractivity (Wildman–Crippen MR) is 110 cm³/mol. The second-order valence-electron chi connectivity index (χ2n) is 5.96. The summed E-state index contributed by atoms with van der Waals surface area (Å²) in [6, 6.07) is 0. The summed E-state index contributed by atoms with van der Waals surface area (Å²) >= 11 is 1.66. The fourth-order valence-electron chi connectivity index (χ4n) is 1.71. The minimum atomic E-state index is -0.483.